The predicted octanol–water partition coefficient (Wildman–Crippen LogP) is 4.65. The fourth-order valence-electron chi connectivity index (χ4n) is 5.00. The standard InChI is InChI=1S/C19H27NO/c1-14-4-5-17-15(12-14)16(20)13-19(21-17)10-8-18(9-11-19)6-2-3-7-18/h4-5,12,16H,2-3,6-11,13,20H2,1H3/t16-/m0/s1. The molecule has 3 aliphatic rings. The van der Waals surface area contributed by atoms with Gasteiger partial charge < -0.3 is 10.5 Å². The molecule has 21 heavy (non-hydrogen) atoms. The number of nitrogens with two attached hydrogens (primary N) is 1. The van der Waals surface area contributed by atoms with Gasteiger partial charge in [-0.2, -0.15) is 0 Å². The van der Waals surface area contributed by atoms with E-state index in [1.54, 1.807) is 0 Å². The monoisotopic (exact) mass is 285 g/mol. The van der Waals surface area contributed by atoms with E-state index in [1.165, 1.54) is 62.5 Å². The van der Waals surface area contributed by atoms with Crippen LogP contribution >= 0.6 is 0 Å². The maximum Gasteiger partial charge on any atom is 0.124 e. The fourth-order valence-corrected chi connectivity index (χ4v) is 5.00. The van der Waals surface area contributed by atoms with Crippen LogP contribution in [0.25, 0.3) is 0 Å². The van der Waals surface area contributed by atoms with E-state index in [0.717, 1.165) is 12.2 Å². The summed E-state index contributed by atoms with van der Waals surface area (Å²) >= 11 is 0. The van der Waals surface area contributed by atoms with Gasteiger partial charge in [-0.25, -0.2) is 0 Å². The summed E-state index contributed by atoms with van der Waals surface area (Å²) in [6.07, 6.45) is 11.9. The van der Waals surface area contributed by atoms with Crippen LogP contribution in [-0.4, -0.2) is 5.60 Å². The van der Waals surface area contributed by atoms with Crippen molar-refractivity contribution in [2.24, 2.45) is 11.1 Å². The van der Waals surface area contributed by atoms with E-state index in [1.807, 2.05) is 0 Å². The molecule has 0 aromatic heterocycles. The molecule has 0 saturated heterocycles. The minimum atomic E-state index is 0.0233. The van der Waals surface area contributed by atoms with Crippen molar-refractivity contribution < 1.29 is 4.74 Å². The van der Waals surface area contributed by atoms with E-state index in [2.05, 4.69) is 25.1 Å². The zero-order chi connectivity index (χ0) is 14.5. The minimum absolute atomic E-state index is 0.0233. The lowest BCUT2D eigenvalue weighted by atomic mass is 9.65. The van der Waals surface area contributed by atoms with Crippen molar-refractivity contribution in [3.05, 3.63) is 29.3 Å². The molecule has 2 spiro atoms. The third kappa shape index (κ3) is 2.28. The predicted molar refractivity (Wildman–Crippen MR) is 85.5 cm³/mol. The van der Waals surface area contributed by atoms with Crippen LogP contribution in [0.1, 0.15) is 75.0 Å². The average Bonchev–Trinajstić information content (AvgIpc) is 2.93. The third-order valence-electron chi connectivity index (χ3n) is 6.37. The molecule has 2 nitrogen and oxygen atoms in total. The number of ether oxygens (including phenoxy) is 1. The highest BCUT2D eigenvalue weighted by atomic mass is 16.5. The van der Waals surface area contributed by atoms with Crippen molar-refractivity contribution in [1.29, 1.82) is 0 Å². The van der Waals surface area contributed by atoms with Crippen LogP contribution in [0.3, 0.4) is 0 Å². The molecule has 2 N–H and O–H groups in total. The Morgan fingerprint density at radius 1 is 1.05 bits per heavy atom. The van der Waals surface area contributed by atoms with Crippen LogP contribution in [0.4, 0.5) is 0 Å². The first-order chi connectivity index (χ1) is 10.1. The Bertz CT molecular complexity index is 534. The van der Waals surface area contributed by atoms with E-state index in [9.17, 15) is 0 Å². The van der Waals surface area contributed by atoms with Gasteiger partial charge in [-0.1, -0.05) is 30.5 Å². The Hall–Kier alpha value is -1.02. The van der Waals surface area contributed by atoms with Gasteiger partial charge in [0.2, 0.25) is 0 Å². The highest BCUT2D eigenvalue weighted by Gasteiger charge is 2.47. The van der Waals surface area contributed by atoms with Crippen molar-refractivity contribution in [2.75, 3.05) is 0 Å². The smallest absolute Gasteiger partial charge is 0.124 e. The quantitative estimate of drug-likeness (QED) is 0.753. The van der Waals surface area contributed by atoms with Gasteiger partial charge in [-0.15, -0.1) is 0 Å². The molecule has 0 amide bonds. The first-order valence-corrected chi connectivity index (χ1v) is 8.65. The van der Waals surface area contributed by atoms with Crippen LogP contribution in [0.15, 0.2) is 18.2 Å². The topological polar surface area (TPSA) is 35.2 Å². The molecule has 1 aromatic carbocycles. The lowest BCUT2D eigenvalue weighted by molar-refractivity contribution is -0.0327. The lowest BCUT2D eigenvalue weighted by Crippen LogP contribution is -2.47. The second kappa shape index (κ2) is 4.74. The molecule has 114 valence electrons. The summed E-state index contributed by atoms with van der Waals surface area (Å²) in [6, 6.07) is 6.62. The van der Waals surface area contributed by atoms with E-state index in [-0.39, 0.29) is 11.6 Å². The molecule has 1 heterocycles. The Kier molecular flexibility index (Phi) is 3.08. The van der Waals surface area contributed by atoms with Crippen molar-refractivity contribution in [3.63, 3.8) is 0 Å². The molecule has 2 saturated carbocycles. The molecular weight excluding hydrogens is 258 g/mol. The SMILES string of the molecule is Cc1ccc2c(c1)[C@@H](N)CC1(CCC3(CCCC3)CC1)O2. The van der Waals surface area contributed by atoms with E-state index < -0.39 is 0 Å². The molecule has 0 bridgehead atoms. The van der Waals surface area contributed by atoms with Gasteiger partial charge >= 0.3 is 0 Å². The third-order valence-corrected chi connectivity index (χ3v) is 6.37. The van der Waals surface area contributed by atoms with Crippen LogP contribution < -0.4 is 10.5 Å². The number of hydrogen-bond acceptors (Lipinski definition) is 2. The number of rotatable bonds is 0. The molecule has 0 radical (unpaired) electrons. The van der Waals surface area contributed by atoms with Crippen LogP contribution in [-0.2, 0) is 0 Å². The highest BCUT2D eigenvalue weighted by molar-refractivity contribution is 5.41. The molecule has 4 rings (SSSR count). The Balaban J connectivity index is 1.56. The number of fused-ring (bicyclic) bond motifs is 1. The van der Waals surface area contributed by atoms with Crippen LogP contribution in [0.5, 0.6) is 5.75 Å². The van der Waals surface area contributed by atoms with E-state index >= 15 is 0 Å². The van der Waals surface area contributed by atoms with Gasteiger partial charge in [0, 0.05) is 18.0 Å². The summed E-state index contributed by atoms with van der Waals surface area (Å²) in [5.41, 5.74) is 9.65. The van der Waals surface area contributed by atoms with Gasteiger partial charge in [0.15, 0.2) is 0 Å². The zero-order valence-corrected chi connectivity index (χ0v) is 13.2. The molecular formula is C19H27NO. The summed E-state index contributed by atoms with van der Waals surface area (Å²) in [5.74, 6) is 1.04. The van der Waals surface area contributed by atoms with E-state index in [0.29, 0.717) is 5.41 Å². The lowest BCUT2D eigenvalue weighted by Gasteiger charge is -2.48. The molecule has 1 aliphatic heterocycles. The van der Waals surface area contributed by atoms with Crippen molar-refractivity contribution >= 4 is 0 Å². The number of hydrogen-bond donors (Lipinski definition) is 1. The van der Waals surface area contributed by atoms with E-state index in [4.69, 9.17) is 10.5 Å². The molecule has 1 atom stereocenters. The molecule has 2 aliphatic carbocycles. The Morgan fingerprint density at radius 3 is 2.48 bits per heavy atom. The highest BCUT2D eigenvalue weighted by Crippen LogP contribution is 2.55. The maximum atomic E-state index is 6.51. The van der Waals surface area contributed by atoms with Gasteiger partial charge in [0.25, 0.3) is 0 Å². The molecule has 0 unspecified atom stereocenters. The maximum absolute atomic E-state index is 6.51. The van der Waals surface area contributed by atoms with Gasteiger partial charge in [-0.05, 0) is 56.9 Å². The van der Waals surface area contributed by atoms with Gasteiger partial charge in [0.05, 0.1) is 0 Å². The molecule has 2 fully saturated rings. The summed E-state index contributed by atoms with van der Waals surface area (Å²) in [6.45, 7) is 2.13. The number of benzene rings is 1. The fraction of sp³-hybridized carbons (Fsp3) is 0.684. The zero-order valence-electron chi connectivity index (χ0n) is 13.2. The second-order valence-electron chi connectivity index (χ2n) is 7.84. The summed E-state index contributed by atoms with van der Waals surface area (Å²) in [7, 11) is 0. The Labute approximate surface area is 128 Å². The number of aryl methyl sites for hydroxylation is 1. The summed E-state index contributed by atoms with van der Waals surface area (Å²) < 4.78 is 6.51. The van der Waals surface area contributed by atoms with Gasteiger partial charge in [0.1, 0.15) is 11.4 Å². The first-order valence-electron chi connectivity index (χ1n) is 8.65. The van der Waals surface area contributed by atoms with Crippen LogP contribution in [0, 0.1) is 12.3 Å². The second-order valence-corrected chi connectivity index (χ2v) is 7.84. The van der Waals surface area contributed by atoms with Crippen molar-refractivity contribution in [2.45, 2.75) is 76.4 Å². The summed E-state index contributed by atoms with van der Waals surface area (Å²) in [5, 5.41) is 0. The normalized spacial score (nSPS) is 29.3. The minimum Gasteiger partial charge on any atom is -0.487 e. The first kappa shape index (κ1) is 13.6. The average molecular weight is 285 g/mol. The molecule has 2 heteroatoms. The largest absolute Gasteiger partial charge is 0.487 e. The molecule has 1 aromatic rings. The summed E-state index contributed by atoms with van der Waals surface area (Å²) in [4.78, 5) is 0. The Morgan fingerprint density at radius 2 is 1.76 bits per heavy atom. The van der Waals surface area contributed by atoms with Crippen molar-refractivity contribution in [1.82, 2.24) is 0 Å². The van der Waals surface area contributed by atoms with Crippen LogP contribution in [0.2, 0.25) is 0 Å². The van der Waals surface area contributed by atoms with Crippen molar-refractivity contribution in [3.8, 4) is 5.75 Å². The van der Waals surface area contributed by atoms with Gasteiger partial charge in [-0.3, -0.25) is 0 Å².